The SMILES string of the molecule is OC(CCc1ccsc1)Cc1cccc(Cl)c1F. The van der Waals surface area contributed by atoms with E-state index in [2.05, 4.69) is 5.38 Å². The second kappa shape index (κ2) is 6.32. The second-order valence-electron chi connectivity index (χ2n) is 4.24. The van der Waals surface area contributed by atoms with Gasteiger partial charge in [-0.25, -0.2) is 4.39 Å². The summed E-state index contributed by atoms with van der Waals surface area (Å²) in [5.74, 6) is -0.422. The van der Waals surface area contributed by atoms with Gasteiger partial charge < -0.3 is 5.11 Å². The maximum Gasteiger partial charge on any atom is 0.145 e. The van der Waals surface area contributed by atoms with Crippen molar-refractivity contribution in [1.29, 1.82) is 0 Å². The highest BCUT2D eigenvalue weighted by Crippen LogP contribution is 2.20. The van der Waals surface area contributed by atoms with Crippen LogP contribution in [0.3, 0.4) is 0 Å². The molecule has 0 fully saturated rings. The van der Waals surface area contributed by atoms with Crippen molar-refractivity contribution in [2.45, 2.75) is 25.4 Å². The van der Waals surface area contributed by atoms with E-state index in [4.69, 9.17) is 11.6 Å². The number of halogens is 2. The maximum absolute atomic E-state index is 13.6. The Balaban J connectivity index is 1.90. The number of aliphatic hydroxyl groups is 1. The highest BCUT2D eigenvalue weighted by Gasteiger charge is 2.11. The smallest absolute Gasteiger partial charge is 0.145 e. The summed E-state index contributed by atoms with van der Waals surface area (Å²) in [6, 6.07) is 6.91. The van der Waals surface area contributed by atoms with Gasteiger partial charge >= 0.3 is 0 Å². The van der Waals surface area contributed by atoms with Crippen LogP contribution in [0.15, 0.2) is 35.0 Å². The van der Waals surface area contributed by atoms with Crippen molar-refractivity contribution < 1.29 is 9.50 Å². The van der Waals surface area contributed by atoms with E-state index >= 15 is 0 Å². The predicted molar refractivity (Wildman–Crippen MR) is 73.8 cm³/mol. The van der Waals surface area contributed by atoms with Crippen LogP contribution in [0.2, 0.25) is 5.02 Å². The molecule has 1 aromatic carbocycles. The Morgan fingerprint density at radius 1 is 1.33 bits per heavy atom. The quantitative estimate of drug-likeness (QED) is 0.877. The molecule has 0 radical (unpaired) electrons. The molecule has 1 aromatic heterocycles. The van der Waals surface area contributed by atoms with Gasteiger partial charge in [0.05, 0.1) is 11.1 Å². The molecule has 0 bridgehead atoms. The van der Waals surface area contributed by atoms with Crippen LogP contribution in [0.25, 0.3) is 0 Å². The van der Waals surface area contributed by atoms with Crippen LogP contribution in [0, 0.1) is 5.82 Å². The molecule has 0 spiro atoms. The zero-order valence-electron chi connectivity index (χ0n) is 9.77. The minimum atomic E-state index is -0.544. The Labute approximate surface area is 115 Å². The van der Waals surface area contributed by atoms with Crippen LogP contribution in [0.1, 0.15) is 17.5 Å². The highest BCUT2D eigenvalue weighted by atomic mass is 35.5. The van der Waals surface area contributed by atoms with Crippen LogP contribution in [-0.4, -0.2) is 11.2 Å². The lowest BCUT2D eigenvalue weighted by atomic mass is 10.0. The molecule has 0 aliphatic rings. The first kappa shape index (κ1) is 13.5. The van der Waals surface area contributed by atoms with Crippen LogP contribution >= 0.6 is 22.9 Å². The molecule has 0 amide bonds. The number of hydrogen-bond donors (Lipinski definition) is 1. The molecule has 1 heterocycles. The maximum atomic E-state index is 13.6. The van der Waals surface area contributed by atoms with Crippen molar-refractivity contribution in [3.8, 4) is 0 Å². The molecule has 1 N–H and O–H groups in total. The third-order valence-corrected chi connectivity index (χ3v) is 3.86. The van der Waals surface area contributed by atoms with E-state index in [0.717, 1.165) is 6.42 Å². The number of aliphatic hydroxyl groups excluding tert-OH is 1. The summed E-state index contributed by atoms with van der Waals surface area (Å²) < 4.78 is 13.6. The molecular weight excluding hydrogens is 271 g/mol. The van der Waals surface area contributed by atoms with Crippen molar-refractivity contribution in [2.24, 2.45) is 0 Å². The Morgan fingerprint density at radius 3 is 2.89 bits per heavy atom. The van der Waals surface area contributed by atoms with Gasteiger partial charge in [0.1, 0.15) is 5.82 Å². The average Bonchev–Trinajstić information content (AvgIpc) is 2.86. The molecule has 0 aliphatic heterocycles. The van der Waals surface area contributed by atoms with Crippen molar-refractivity contribution in [3.05, 3.63) is 57.0 Å². The van der Waals surface area contributed by atoms with Crippen LogP contribution in [-0.2, 0) is 12.8 Å². The van der Waals surface area contributed by atoms with Gasteiger partial charge in [-0.2, -0.15) is 11.3 Å². The van der Waals surface area contributed by atoms with Gasteiger partial charge in [0, 0.05) is 6.42 Å². The van der Waals surface area contributed by atoms with Gasteiger partial charge in [-0.1, -0.05) is 23.7 Å². The van der Waals surface area contributed by atoms with Crippen LogP contribution in [0.5, 0.6) is 0 Å². The fourth-order valence-electron chi connectivity index (χ4n) is 1.83. The van der Waals surface area contributed by atoms with E-state index in [1.807, 2.05) is 11.4 Å². The molecule has 0 aliphatic carbocycles. The number of hydrogen-bond acceptors (Lipinski definition) is 2. The van der Waals surface area contributed by atoms with Gasteiger partial charge in [0.25, 0.3) is 0 Å². The Bertz CT molecular complexity index is 499. The van der Waals surface area contributed by atoms with Gasteiger partial charge in [-0.3, -0.25) is 0 Å². The third-order valence-electron chi connectivity index (χ3n) is 2.83. The molecule has 1 unspecified atom stereocenters. The molecule has 18 heavy (non-hydrogen) atoms. The summed E-state index contributed by atoms with van der Waals surface area (Å²) in [6.07, 6.45) is 1.20. The van der Waals surface area contributed by atoms with Crippen molar-refractivity contribution >= 4 is 22.9 Å². The van der Waals surface area contributed by atoms with Gasteiger partial charge in [-0.05, 0) is 46.9 Å². The number of thiophene rings is 1. The van der Waals surface area contributed by atoms with Crippen molar-refractivity contribution in [2.75, 3.05) is 0 Å². The first-order valence-corrected chi connectivity index (χ1v) is 7.11. The molecule has 1 atom stereocenters. The van der Waals surface area contributed by atoms with Crippen LogP contribution < -0.4 is 0 Å². The molecule has 2 aromatic rings. The topological polar surface area (TPSA) is 20.2 Å². The molecule has 96 valence electrons. The fourth-order valence-corrected chi connectivity index (χ4v) is 2.73. The fraction of sp³-hybridized carbons (Fsp3) is 0.286. The Hall–Kier alpha value is -0.900. The largest absolute Gasteiger partial charge is 0.393 e. The lowest BCUT2D eigenvalue weighted by Gasteiger charge is -2.11. The summed E-state index contributed by atoms with van der Waals surface area (Å²) in [4.78, 5) is 0. The Kier molecular flexibility index (Phi) is 4.75. The number of rotatable bonds is 5. The molecular formula is C14H14ClFOS. The normalized spacial score (nSPS) is 12.6. The van der Waals surface area contributed by atoms with E-state index in [1.165, 1.54) is 11.6 Å². The number of aryl methyl sites for hydroxylation is 1. The number of benzene rings is 1. The summed E-state index contributed by atoms with van der Waals surface area (Å²) in [5, 5.41) is 14.1. The molecule has 1 nitrogen and oxygen atoms in total. The third kappa shape index (κ3) is 3.55. The summed E-state index contributed by atoms with van der Waals surface area (Å²) >= 11 is 7.34. The van der Waals surface area contributed by atoms with Crippen LogP contribution in [0.4, 0.5) is 4.39 Å². The van der Waals surface area contributed by atoms with E-state index in [-0.39, 0.29) is 5.02 Å². The lowest BCUT2D eigenvalue weighted by molar-refractivity contribution is 0.164. The molecule has 0 saturated heterocycles. The minimum absolute atomic E-state index is 0.109. The second-order valence-corrected chi connectivity index (χ2v) is 5.43. The van der Waals surface area contributed by atoms with E-state index in [0.29, 0.717) is 18.4 Å². The van der Waals surface area contributed by atoms with Crippen molar-refractivity contribution in [3.63, 3.8) is 0 Å². The molecule has 4 heteroatoms. The lowest BCUT2D eigenvalue weighted by Crippen LogP contribution is -2.12. The average molecular weight is 285 g/mol. The van der Waals surface area contributed by atoms with E-state index in [9.17, 15) is 9.50 Å². The zero-order valence-corrected chi connectivity index (χ0v) is 11.3. The van der Waals surface area contributed by atoms with Gasteiger partial charge in [-0.15, -0.1) is 0 Å². The standard InChI is InChI=1S/C14H14ClFOS/c15-13-3-1-2-11(14(13)16)8-12(17)5-4-10-6-7-18-9-10/h1-3,6-7,9,12,17H,4-5,8H2. The Morgan fingerprint density at radius 2 is 2.17 bits per heavy atom. The first-order chi connectivity index (χ1) is 8.66. The predicted octanol–water partition coefficient (Wildman–Crippen LogP) is 4.08. The minimum Gasteiger partial charge on any atom is -0.393 e. The van der Waals surface area contributed by atoms with E-state index in [1.54, 1.807) is 23.5 Å². The molecule has 0 saturated carbocycles. The molecule has 2 rings (SSSR count). The summed E-state index contributed by atoms with van der Waals surface area (Å²) in [7, 11) is 0. The summed E-state index contributed by atoms with van der Waals surface area (Å²) in [6.45, 7) is 0. The van der Waals surface area contributed by atoms with Gasteiger partial charge in [0.2, 0.25) is 0 Å². The zero-order chi connectivity index (χ0) is 13.0. The van der Waals surface area contributed by atoms with Crippen molar-refractivity contribution in [1.82, 2.24) is 0 Å². The monoisotopic (exact) mass is 284 g/mol. The van der Waals surface area contributed by atoms with Gasteiger partial charge in [0.15, 0.2) is 0 Å². The highest BCUT2D eigenvalue weighted by molar-refractivity contribution is 7.07. The summed E-state index contributed by atoms with van der Waals surface area (Å²) in [5.41, 5.74) is 1.69. The first-order valence-electron chi connectivity index (χ1n) is 5.79. The van der Waals surface area contributed by atoms with E-state index < -0.39 is 11.9 Å².